The molecule has 0 spiro atoms. The first-order valence-corrected chi connectivity index (χ1v) is 12.3. The molecule has 0 heterocycles. The number of nitrogens with one attached hydrogen (secondary N) is 2. The van der Waals surface area contributed by atoms with Gasteiger partial charge in [0.15, 0.2) is 0 Å². The highest BCUT2D eigenvalue weighted by Crippen LogP contribution is 2.27. The molecular formula is C30H38N2O3. The van der Waals surface area contributed by atoms with Crippen molar-refractivity contribution in [2.45, 2.75) is 57.3 Å². The van der Waals surface area contributed by atoms with Gasteiger partial charge in [-0.2, -0.15) is 0 Å². The average molecular weight is 475 g/mol. The van der Waals surface area contributed by atoms with E-state index >= 15 is 0 Å². The fourth-order valence-electron chi connectivity index (χ4n) is 4.15. The van der Waals surface area contributed by atoms with E-state index in [1.165, 1.54) is 11.1 Å². The van der Waals surface area contributed by atoms with Crippen LogP contribution >= 0.6 is 0 Å². The van der Waals surface area contributed by atoms with Gasteiger partial charge in [-0.3, -0.25) is 0 Å². The monoisotopic (exact) mass is 474 g/mol. The summed E-state index contributed by atoms with van der Waals surface area (Å²) in [5, 5.41) is 17.3. The van der Waals surface area contributed by atoms with Crippen LogP contribution in [0.2, 0.25) is 0 Å². The van der Waals surface area contributed by atoms with Crippen LogP contribution in [0.25, 0.3) is 0 Å². The van der Waals surface area contributed by atoms with Crippen LogP contribution < -0.4 is 10.6 Å². The van der Waals surface area contributed by atoms with Crippen molar-refractivity contribution in [2.24, 2.45) is 0 Å². The van der Waals surface area contributed by atoms with E-state index in [0.717, 1.165) is 18.5 Å². The summed E-state index contributed by atoms with van der Waals surface area (Å²) in [4.78, 5) is 12.4. The Morgan fingerprint density at radius 1 is 0.857 bits per heavy atom. The first kappa shape index (κ1) is 26.5. The molecule has 0 aliphatic heterocycles. The maximum Gasteiger partial charge on any atom is 0.407 e. The number of aliphatic hydroxyl groups is 1. The predicted molar refractivity (Wildman–Crippen MR) is 142 cm³/mol. The van der Waals surface area contributed by atoms with Crippen molar-refractivity contribution < 1.29 is 14.6 Å². The number of carbonyl (C=O) groups excluding carboxylic acids is 1. The smallest absolute Gasteiger partial charge is 0.407 e. The third kappa shape index (κ3) is 9.19. The molecule has 0 saturated heterocycles. The molecule has 0 radical (unpaired) electrons. The number of rotatable bonds is 11. The van der Waals surface area contributed by atoms with Crippen LogP contribution in [0.1, 0.15) is 49.8 Å². The number of ether oxygens (including phenoxy) is 1. The molecule has 5 heteroatoms. The predicted octanol–water partition coefficient (Wildman–Crippen LogP) is 5.30. The van der Waals surface area contributed by atoms with Gasteiger partial charge in [0.2, 0.25) is 0 Å². The van der Waals surface area contributed by atoms with Gasteiger partial charge < -0.3 is 20.5 Å². The molecule has 3 rings (SSSR count). The summed E-state index contributed by atoms with van der Waals surface area (Å²) in [6.07, 6.45) is 0.115. The summed E-state index contributed by atoms with van der Waals surface area (Å²) in [5.74, 6) is 0.266. The van der Waals surface area contributed by atoms with Crippen molar-refractivity contribution in [3.63, 3.8) is 0 Å². The maximum absolute atomic E-state index is 12.4. The molecule has 1 amide bonds. The van der Waals surface area contributed by atoms with Gasteiger partial charge in [-0.05, 0) is 56.8 Å². The quantitative estimate of drug-likeness (QED) is 0.330. The Labute approximate surface area is 209 Å². The average Bonchev–Trinajstić information content (AvgIpc) is 2.84. The third-order valence-electron chi connectivity index (χ3n) is 5.83. The van der Waals surface area contributed by atoms with Gasteiger partial charge in [-0.1, -0.05) is 91.0 Å². The highest BCUT2D eigenvalue weighted by atomic mass is 16.6. The summed E-state index contributed by atoms with van der Waals surface area (Å²) < 4.78 is 5.43. The van der Waals surface area contributed by atoms with Crippen molar-refractivity contribution in [2.75, 3.05) is 13.1 Å². The molecule has 5 nitrogen and oxygen atoms in total. The van der Waals surface area contributed by atoms with Crippen molar-refractivity contribution >= 4 is 6.09 Å². The van der Waals surface area contributed by atoms with Crippen molar-refractivity contribution in [1.82, 2.24) is 10.6 Å². The van der Waals surface area contributed by atoms with Gasteiger partial charge in [0.05, 0.1) is 12.1 Å². The fourth-order valence-corrected chi connectivity index (χ4v) is 4.15. The summed E-state index contributed by atoms with van der Waals surface area (Å²) in [6.45, 7) is 6.57. The van der Waals surface area contributed by atoms with E-state index in [9.17, 15) is 9.90 Å². The van der Waals surface area contributed by atoms with Crippen LogP contribution in [0.4, 0.5) is 4.79 Å². The minimum atomic E-state index is -0.769. The second-order valence-corrected chi connectivity index (χ2v) is 9.88. The molecule has 0 bridgehead atoms. The molecule has 3 aromatic rings. The van der Waals surface area contributed by atoms with E-state index < -0.39 is 23.8 Å². The molecule has 0 aliphatic carbocycles. The van der Waals surface area contributed by atoms with Crippen LogP contribution in [-0.2, 0) is 11.2 Å². The van der Waals surface area contributed by atoms with E-state index in [1.807, 2.05) is 63.2 Å². The van der Waals surface area contributed by atoms with E-state index in [-0.39, 0.29) is 5.92 Å². The Bertz CT molecular complexity index is 965. The first-order valence-electron chi connectivity index (χ1n) is 12.3. The second kappa shape index (κ2) is 13.1. The van der Waals surface area contributed by atoms with Gasteiger partial charge in [0, 0.05) is 12.5 Å². The van der Waals surface area contributed by atoms with Crippen LogP contribution in [-0.4, -0.2) is 42.0 Å². The van der Waals surface area contributed by atoms with Gasteiger partial charge in [0.1, 0.15) is 5.60 Å². The second-order valence-electron chi connectivity index (χ2n) is 9.88. The zero-order valence-corrected chi connectivity index (χ0v) is 21.0. The molecule has 186 valence electrons. The molecule has 3 N–H and O–H groups in total. The highest BCUT2D eigenvalue weighted by molar-refractivity contribution is 5.68. The Hall–Kier alpha value is -3.15. The number of aliphatic hydroxyl groups excluding tert-OH is 1. The van der Waals surface area contributed by atoms with Gasteiger partial charge in [-0.15, -0.1) is 0 Å². The lowest BCUT2D eigenvalue weighted by Crippen LogP contribution is -2.50. The largest absolute Gasteiger partial charge is 0.444 e. The zero-order chi connectivity index (χ0) is 25.1. The molecule has 0 fully saturated rings. The number of alkyl carbamates (subject to hydrolysis) is 1. The van der Waals surface area contributed by atoms with Crippen molar-refractivity contribution in [3.05, 3.63) is 108 Å². The normalized spacial score (nSPS) is 13.3. The Morgan fingerprint density at radius 3 is 1.89 bits per heavy atom. The van der Waals surface area contributed by atoms with Gasteiger partial charge in [0.25, 0.3) is 0 Å². The number of hydrogen-bond donors (Lipinski definition) is 3. The maximum atomic E-state index is 12.4. The number of amides is 1. The van der Waals surface area contributed by atoms with Crippen LogP contribution in [0.5, 0.6) is 0 Å². The third-order valence-corrected chi connectivity index (χ3v) is 5.83. The lowest BCUT2D eigenvalue weighted by atomic mass is 9.88. The Morgan fingerprint density at radius 2 is 1.37 bits per heavy atom. The van der Waals surface area contributed by atoms with Crippen LogP contribution in [0, 0.1) is 0 Å². The summed E-state index contributed by atoms with van der Waals surface area (Å²) in [5.41, 5.74) is 2.99. The Kier molecular flexibility index (Phi) is 9.88. The molecule has 2 atom stereocenters. The summed E-state index contributed by atoms with van der Waals surface area (Å²) in [7, 11) is 0. The van der Waals surface area contributed by atoms with E-state index in [0.29, 0.717) is 13.0 Å². The zero-order valence-electron chi connectivity index (χ0n) is 21.0. The molecular weight excluding hydrogens is 436 g/mol. The van der Waals surface area contributed by atoms with Crippen molar-refractivity contribution in [3.8, 4) is 0 Å². The van der Waals surface area contributed by atoms with Crippen molar-refractivity contribution in [1.29, 1.82) is 0 Å². The topological polar surface area (TPSA) is 70.6 Å². The molecule has 0 unspecified atom stereocenters. The lowest BCUT2D eigenvalue weighted by Gasteiger charge is -2.27. The minimum absolute atomic E-state index is 0.266. The molecule has 0 saturated carbocycles. The van der Waals surface area contributed by atoms with E-state index in [2.05, 4.69) is 59.2 Å². The SMILES string of the molecule is CC(C)(C)OC(=O)N[C@@H](Cc1ccccc1)[C@@H](O)CNCCC(c1ccccc1)c1ccccc1. The molecule has 0 aromatic heterocycles. The van der Waals surface area contributed by atoms with Crippen LogP contribution in [0.3, 0.4) is 0 Å². The van der Waals surface area contributed by atoms with E-state index in [1.54, 1.807) is 0 Å². The molecule has 3 aromatic carbocycles. The standard InChI is InChI=1S/C30H38N2O3/c1-30(2,3)35-29(34)32-27(21-23-13-7-4-8-14-23)28(33)22-31-20-19-26(24-15-9-5-10-16-24)25-17-11-6-12-18-25/h4-18,26-28,31,33H,19-22H2,1-3H3,(H,32,34)/t27-,28-/m0/s1. The molecule has 35 heavy (non-hydrogen) atoms. The van der Waals surface area contributed by atoms with Gasteiger partial charge >= 0.3 is 6.09 Å². The molecule has 0 aliphatic rings. The van der Waals surface area contributed by atoms with Crippen LogP contribution in [0.15, 0.2) is 91.0 Å². The number of benzene rings is 3. The summed E-state index contributed by atoms with van der Waals surface area (Å²) >= 11 is 0. The summed E-state index contributed by atoms with van der Waals surface area (Å²) in [6, 6.07) is 30.4. The lowest BCUT2D eigenvalue weighted by molar-refractivity contribution is 0.0422. The Balaban J connectivity index is 1.60. The minimum Gasteiger partial charge on any atom is -0.444 e. The van der Waals surface area contributed by atoms with E-state index in [4.69, 9.17) is 4.74 Å². The fraction of sp³-hybridized carbons (Fsp3) is 0.367. The number of hydrogen-bond acceptors (Lipinski definition) is 4. The first-order chi connectivity index (χ1) is 16.8. The number of carbonyl (C=O) groups is 1. The highest BCUT2D eigenvalue weighted by Gasteiger charge is 2.25. The van der Waals surface area contributed by atoms with Gasteiger partial charge in [-0.25, -0.2) is 4.79 Å².